The molecular formula is C18H18ClN3O. The van der Waals surface area contributed by atoms with E-state index in [4.69, 9.17) is 11.6 Å². The lowest BCUT2D eigenvalue weighted by Gasteiger charge is -2.10. The molecule has 0 amide bonds. The molecule has 0 spiro atoms. The van der Waals surface area contributed by atoms with E-state index in [9.17, 15) is 5.11 Å². The summed E-state index contributed by atoms with van der Waals surface area (Å²) in [5, 5.41) is 20.1. The maximum atomic E-state index is 10.6. The third-order valence-electron chi connectivity index (χ3n) is 3.78. The standard InChI is InChI=1S/C18H18ClN3O/c1-3-5-6-13-9-12(4-2)10-17(18(13)23)22-20-15-8-7-14(19)11-16(15)21-22/h4,7-11,23H,2-3,5-6H2,1H3. The Kier molecular flexibility index (Phi) is 4.35. The van der Waals surface area contributed by atoms with Crippen LogP contribution in [0.5, 0.6) is 5.75 Å². The first kappa shape index (κ1) is 15.6. The molecule has 5 heteroatoms. The van der Waals surface area contributed by atoms with Gasteiger partial charge in [0.1, 0.15) is 22.5 Å². The lowest BCUT2D eigenvalue weighted by molar-refractivity contribution is 0.459. The van der Waals surface area contributed by atoms with Gasteiger partial charge in [-0.25, -0.2) is 0 Å². The fraction of sp³-hybridized carbons (Fsp3) is 0.222. The van der Waals surface area contributed by atoms with Crippen molar-refractivity contribution in [3.63, 3.8) is 0 Å². The summed E-state index contributed by atoms with van der Waals surface area (Å²) in [5.41, 5.74) is 3.80. The number of halogens is 1. The number of phenols is 1. The minimum Gasteiger partial charge on any atom is -0.505 e. The van der Waals surface area contributed by atoms with Gasteiger partial charge < -0.3 is 5.11 Å². The zero-order valence-corrected chi connectivity index (χ0v) is 13.7. The van der Waals surface area contributed by atoms with Crippen molar-refractivity contribution in [2.24, 2.45) is 0 Å². The smallest absolute Gasteiger partial charge is 0.146 e. The third kappa shape index (κ3) is 3.08. The zero-order chi connectivity index (χ0) is 16.4. The molecule has 1 aromatic heterocycles. The van der Waals surface area contributed by atoms with Gasteiger partial charge in [0.05, 0.1) is 0 Å². The molecule has 3 rings (SSSR count). The number of benzene rings is 2. The van der Waals surface area contributed by atoms with Gasteiger partial charge in [0.2, 0.25) is 0 Å². The summed E-state index contributed by atoms with van der Waals surface area (Å²) in [6.45, 7) is 5.95. The van der Waals surface area contributed by atoms with Crippen LogP contribution in [0.25, 0.3) is 22.8 Å². The lowest BCUT2D eigenvalue weighted by Crippen LogP contribution is -2.02. The SMILES string of the molecule is C=Cc1cc(CCCC)c(O)c(-n2nc3ccc(Cl)cc3n2)c1. The maximum Gasteiger partial charge on any atom is 0.146 e. The van der Waals surface area contributed by atoms with Crippen molar-refractivity contribution in [3.05, 3.63) is 53.1 Å². The predicted molar refractivity (Wildman–Crippen MR) is 94.2 cm³/mol. The molecule has 3 aromatic rings. The van der Waals surface area contributed by atoms with Gasteiger partial charge in [-0.3, -0.25) is 0 Å². The van der Waals surface area contributed by atoms with Gasteiger partial charge in [0.15, 0.2) is 0 Å². The molecule has 0 saturated carbocycles. The molecule has 1 N–H and O–H groups in total. The van der Waals surface area contributed by atoms with E-state index in [0.717, 1.165) is 35.9 Å². The number of nitrogens with zero attached hydrogens (tertiary/aromatic N) is 3. The molecule has 23 heavy (non-hydrogen) atoms. The first-order chi connectivity index (χ1) is 11.1. The molecule has 0 unspecified atom stereocenters. The molecule has 1 heterocycles. The van der Waals surface area contributed by atoms with E-state index < -0.39 is 0 Å². The first-order valence-corrected chi connectivity index (χ1v) is 8.01. The van der Waals surface area contributed by atoms with Gasteiger partial charge in [0.25, 0.3) is 0 Å². The van der Waals surface area contributed by atoms with Crippen LogP contribution >= 0.6 is 11.6 Å². The van der Waals surface area contributed by atoms with Gasteiger partial charge in [-0.2, -0.15) is 0 Å². The topological polar surface area (TPSA) is 50.9 Å². The predicted octanol–water partition coefficient (Wildman–Crippen LogP) is 4.77. The summed E-state index contributed by atoms with van der Waals surface area (Å²) in [6, 6.07) is 9.13. The molecule has 0 radical (unpaired) electrons. The Bertz CT molecular complexity index is 870. The summed E-state index contributed by atoms with van der Waals surface area (Å²) in [6.07, 6.45) is 4.65. The largest absolute Gasteiger partial charge is 0.505 e. The average Bonchev–Trinajstić information content (AvgIpc) is 2.96. The van der Waals surface area contributed by atoms with Crippen molar-refractivity contribution in [2.45, 2.75) is 26.2 Å². The Morgan fingerprint density at radius 1 is 1.22 bits per heavy atom. The summed E-state index contributed by atoms with van der Waals surface area (Å²) in [5.74, 6) is 0.218. The highest BCUT2D eigenvalue weighted by Gasteiger charge is 2.14. The van der Waals surface area contributed by atoms with Gasteiger partial charge in [0, 0.05) is 5.02 Å². The Hall–Kier alpha value is -2.33. The van der Waals surface area contributed by atoms with E-state index in [0.29, 0.717) is 16.2 Å². The molecule has 0 aliphatic heterocycles. The number of phenolic OH excluding ortho intramolecular Hbond substituents is 1. The van der Waals surface area contributed by atoms with Crippen LogP contribution < -0.4 is 0 Å². The van der Waals surface area contributed by atoms with Crippen LogP contribution in [0.15, 0.2) is 36.9 Å². The average molecular weight is 328 g/mol. The van der Waals surface area contributed by atoms with E-state index in [2.05, 4.69) is 23.7 Å². The summed E-state index contributed by atoms with van der Waals surface area (Å²) < 4.78 is 0. The van der Waals surface area contributed by atoms with Crippen molar-refractivity contribution in [1.82, 2.24) is 15.0 Å². The number of rotatable bonds is 5. The second-order valence-corrected chi connectivity index (χ2v) is 5.91. The van der Waals surface area contributed by atoms with Crippen molar-refractivity contribution in [2.75, 3.05) is 0 Å². The number of hydrogen-bond donors (Lipinski definition) is 1. The van der Waals surface area contributed by atoms with Crippen LogP contribution in [-0.2, 0) is 6.42 Å². The van der Waals surface area contributed by atoms with Crippen molar-refractivity contribution in [3.8, 4) is 11.4 Å². The zero-order valence-electron chi connectivity index (χ0n) is 13.0. The highest BCUT2D eigenvalue weighted by Crippen LogP contribution is 2.30. The summed E-state index contributed by atoms with van der Waals surface area (Å²) in [7, 11) is 0. The maximum absolute atomic E-state index is 10.6. The summed E-state index contributed by atoms with van der Waals surface area (Å²) in [4.78, 5) is 1.46. The van der Waals surface area contributed by atoms with Crippen LogP contribution in [0.4, 0.5) is 0 Å². The molecular weight excluding hydrogens is 310 g/mol. The highest BCUT2D eigenvalue weighted by molar-refractivity contribution is 6.31. The fourth-order valence-corrected chi connectivity index (χ4v) is 2.69. The van der Waals surface area contributed by atoms with Crippen LogP contribution in [0, 0.1) is 0 Å². The summed E-state index contributed by atoms with van der Waals surface area (Å²) >= 11 is 6.00. The van der Waals surface area contributed by atoms with Crippen molar-refractivity contribution >= 4 is 28.7 Å². The van der Waals surface area contributed by atoms with Gasteiger partial charge >= 0.3 is 0 Å². The Labute approximate surface area is 140 Å². The van der Waals surface area contributed by atoms with Crippen molar-refractivity contribution in [1.29, 1.82) is 0 Å². The lowest BCUT2D eigenvalue weighted by atomic mass is 10.0. The van der Waals surface area contributed by atoms with Crippen LogP contribution in [-0.4, -0.2) is 20.1 Å². The molecule has 0 aliphatic rings. The monoisotopic (exact) mass is 327 g/mol. The minimum atomic E-state index is 0.218. The van der Waals surface area contributed by atoms with Crippen LogP contribution in [0.1, 0.15) is 30.9 Å². The van der Waals surface area contributed by atoms with E-state index in [1.807, 2.05) is 18.2 Å². The normalized spacial score (nSPS) is 11.0. The second-order valence-electron chi connectivity index (χ2n) is 5.48. The van der Waals surface area contributed by atoms with E-state index in [1.54, 1.807) is 18.2 Å². The Morgan fingerprint density at radius 3 is 2.74 bits per heavy atom. The second kappa shape index (κ2) is 6.42. The van der Waals surface area contributed by atoms with E-state index >= 15 is 0 Å². The van der Waals surface area contributed by atoms with Gasteiger partial charge in [-0.1, -0.05) is 37.6 Å². The molecule has 2 aromatic carbocycles. The number of aryl methyl sites for hydroxylation is 1. The molecule has 0 bridgehead atoms. The molecule has 118 valence electrons. The minimum absolute atomic E-state index is 0.218. The number of fused-ring (bicyclic) bond motifs is 1. The van der Waals surface area contributed by atoms with E-state index in [1.165, 1.54) is 4.80 Å². The van der Waals surface area contributed by atoms with Crippen LogP contribution in [0.3, 0.4) is 0 Å². The van der Waals surface area contributed by atoms with E-state index in [-0.39, 0.29) is 5.75 Å². The number of hydrogen-bond acceptors (Lipinski definition) is 3. The highest BCUT2D eigenvalue weighted by atomic mass is 35.5. The fourth-order valence-electron chi connectivity index (χ4n) is 2.53. The number of aromatic hydroxyl groups is 1. The molecule has 4 nitrogen and oxygen atoms in total. The molecule has 0 fully saturated rings. The number of unbranched alkanes of at least 4 members (excludes halogenated alkanes) is 1. The third-order valence-corrected chi connectivity index (χ3v) is 4.02. The van der Waals surface area contributed by atoms with Gasteiger partial charge in [-0.15, -0.1) is 15.0 Å². The Morgan fingerprint density at radius 2 is 2.00 bits per heavy atom. The molecule has 0 aliphatic carbocycles. The molecule has 0 saturated heterocycles. The Balaban J connectivity index is 2.14. The first-order valence-electron chi connectivity index (χ1n) is 7.63. The number of aromatic nitrogens is 3. The molecule has 0 atom stereocenters. The van der Waals surface area contributed by atoms with Crippen LogP contribution in [0.2, 0.25) is 5.02 Å². The van der Waals surface area contributed by atoms with Crippen molar-refractivity contribution < 1.29 is 5.11 Å². The quantitative estimate of drug-likeness (QED) is 0.734. The van der Waals surface area contributed by atoms with Gasteiger partial charge in [-0.05, 0) is 54.3 Å².